The standard InChI is InChI=1S/C22H28N4O3/c1-28-21-7-3-2-6-20(21)26-12-10-25(11-13-26)17-8-9-23-19(15-17)22(27)24-16-18-5-4-14-29-18/h2-3,6-9,15,18H,4-5,10-14,16H2,1H3,(H,24,27). The minimum absolute atomic E-state index is 0.130. The molecule has 2 saturated heterocycles. The smallest absolute Gasteiger partial charge is 0.270 e. The summed E-state index contributed by atoms with van der Waals surface area (Å²) in [6.07, 6.45) is 3.91. The fourth-order valence-corrected chi connectivity index (χ4v) is 3.94. The van der Waals surface area contributed by atoms with Gasteiger partial charge in [-0.05, 0) is 37.1 Å². The molecule has 1 amide bonds. The molecule has 3 heterocycles. The van der Waals surface area contributed by atoms with Crippen molar-refractivity contribution in [2.24, 2.45) is 0 Å². The van der Waals surface area contributed by atoms with E-state index in [2.05, 4.69) is 26.2 Å². The third-order valence-corrected chi connectivity index (χ3v) is 5.56. The molecule has 2 aliphatic rings. The van der Waals surface area contributed by atoms with Crippen LogP contribution < -0.4 is 19.9 Å². The maximum atomic E-state index is 12.5. The van der Waals surface area contributed by atoms with Gasteiger partial charge >= 0.3 is 0 Å². The average molecular weight is 396 g/mol. The van der Waals surface area contributed by atoms with Crippen molar-refractivity contribution in [3.63, 3.8) is 0 Å². The number of aromatic nitrogens is 1. The molecule has 1 unspecified atom stereocenters. The van der Waals surface area contributed by atoms with Gasteiger partial charge in [0.1, 0.15) is 11.4 Å². The molecule has 7 heteroatoms. The number of rotatable bonds is 6. The molecule has 2 fully saturated rings. The molecule has 7 nitrogen and oxygen atoms in total. The highest BCUT2D eigenvalue weighted by Crippen LogP contribution is 2.29. The lowest BCUT2D eigenvalue weighted by molar-refractivity contribution is 0.0853. The molecular weight excluding hydrogens is 368 g/mol. The van der Waals surface area contributed by atoms with Crippen LogP contribution in [-0.4, -0.2) is 63.4 Å². The first kappa shape index (κ1) is 19.5. The molecule has 0 saturated carbocycles. The van der Waals surface area contributed by atoms with Crippen LogP contribution in [0.2, 0.25) is 0 Å². The Balaban J connectivity index is 1.36. The highest BCUT2D eigenvalue weighted by atomic mass is 16.5. The Morgan fingerprint density at radius 3 is 2.76 bits per heavy atom. The normalized spacial score (nSPS) is 19.3. The van der Waals surface area contributed by atoms with Crippen LogP contribution in [0.3, 0.4) is 0 Å². The summed E-state index contributed by atoms with van der Waals surface area (Å²) in [5, 5.41) is 2.95. The lowest BCUT2D eigenvalue weighted by Gasteiger charge is -2.37. The van der Waals surface area contributed by atoms with Gasteiger partial charge in [-0.15, -0.1) is 0 Å². The van der Waals surface area contributed by atoms with E-state index in [9.17, 15) is 4.79 Å². The van der Waals surface area contributed by atoms with Crippen molar-refractivity contribution in [1.29, 1.82) is 0 Å². The number of hydrogen-bond donors (Lipinski definition) is 1. The van der Waals surface area contributed by atoms with E-state index >= 15 is 0 Å². The Morgan fingerprint density at radius 1 is 1.21 bits per heavy atom. The average Bonchev–Trinajstić information content (AvgIpc) is 3.31. The Bertz CT molecular complexity index is 830. The molecule has 0 spiro atoms. The Morgan fingerprint density at radius 2 is 2.00 bits per heavy atom. The van der Waals surface area contributed by atoms with Crippen molar-refractivity contribution in [3.05, 3.63) is 48.3 Å². The molecule has 2 aliphatic heterocycles. The largest absolute Gasteiger partial charge is 0.495 e. The van der Waals surface area contributed by atoms with Crippen molar-refractivity contribution in [2.75, 3.05) is 56.2 Å². The number of methoxy groups -OCH3 is 1. The van der Waals surface area contributed by atoms with Gasteiger partial charge in [-0.3, -0.25) is 9.78 Å². The van der Waals surface area contributed by atoms with Crippen LogP contribution in [-0.2, 0) is 4.74 Å². The van der Waals surface area contributed by atoms with Crippen LogP contribution >= 0.6 is 0 Å². The summed E-state index contributed by atoms with van der Waals surface area (Å²) in [6, 6.07) is 12.0. The monoisotopic (exact) mass is 396 g/mol. The van der Waals surface area contributed by atoms with E-state index < -0.39 is 0 Å². The van der Waals surface area contributed by atoms with Crippen molar-refractivity contribution in [2.45, 2.75) is 18.9 Å². The van der Waals surface area contributed by atoms with Crippen molar-refractivity contribution in [3.8, 4) is 5.75 Å². The van der Waals surface area contributed by atoms with Crippen LogP contribution in [0.4, 0.5) is 11.4 Å². The first-order valence-electron chi connectivity index (χ1n) is 10.2. The van der Waals surface area contributed by atoms with Gasteiger partial charge in [0.15, 0.2) is 0 Å². The number of nitrogens with zero attached hydrogens (tertiary/aromatic N) is 3. The summed E-state index contributed by atoms with van der Waals surface area (Å²) < 4.78 is 11.1. The van der Waals surface area contributed by atoms with Gasteiger partial charge in [0.2, 0.25) is 0 Å². The summed E-state index contributed by atoms with van der Waals surface area (Å²) in [5.41, 5.74) is 2.60. The minimum Gasteiger partial charge on any atom is -0.495 e. The third kappa shape index (κ3) is 4.62. The number of benzene rings is 1. The number of piperazine rings is 1. The van der Waals surface area contributed by atoms with Gasteiger partial charge in [0.05, 0.1) is 18.9 Å². The van der Waals surface area contributed by atoms with Crippen molar-refractivity contribution >= 4 is 17.3 Å². The van der Waals surface area contributed by atoms with Crippen LogP contribution in [0.15, 0.2) is 42.6 Å². The minimum atomic E-state index is -0.144. The van der Waals surface area contributed by atoms with Crippen molar-refractivity contribution in [1.82, 2.24) is 10.3 Å². The number of carbonyl (C=O) groups excluding carboxylic acids is 1. The molecule has 0 radical (unpaired) electrons. The van der Waals surface area contributed by atoms with E-state index in [1.807, 2.05) is 30.3 Å². The zero-order valence-corrected chi connectivity index (χ0v) is 16.8. The van der Waals surface area contributed by atoms with Crippen LogP contribution in [0.25, 0.3) is 0 Å². The SMILES string of the molecule is COc1ccccc1N1CCN(c2ccnc(C(=O)NCC3CCCO3)c2)CC1. The Labute approximate surface area is 171 Å². The van der Waals surface area contributed by atoms with Gasteiger partial charge in [-0.2, -0.15) is 0 Å². The molecule has 1 N–H and O–H groups in total. The second-order valence-electron chi connectivity index (χ2n) is 7.39. The van der Waals surface area contributed by atoms with E-state index in [1.54, 1.807) is 13.3 Å². The number of nitrogens with one attached hydrogen (secondary N) is 1. The molecule has 154 valence electrons. The number of carbonyl (C=O) groups is 1. The molecular formula is C22H28N4O3. The third-order valence-electron chi connectivity index (χ3n) is 5.56. The molecule has 0 aliphatic carbocycles. The molecule has 1 atom stereocenters. The van der Waals surface area contributed by atoms with E-state index in [0.29, 0.717) is 12.2 Å². The predicted octanol–water partition coefficient (Wildman–Crippen LogP) is 2.33. The van der Waals surface area contributed by atoms with Gasteiger partial charge in [-0.1, -0.05) is 12.1 Å². The zero-order valence-electron chi connectivity index (χ0n) is 16.8. The molecule has 0 bridgehead atoms. The maximum Gasteiger partial charge on any atom is 0.270 e. The quantitative estimate of drug-likeness (QED) is 0.808. The fourth-order valence-electron chi connectivity index (χ4n) is 3.94. The van der Waals surface area contributed by atoms with E-state index in [4.69, 9.17) is 9.47 Å². The lowest BCUT2D eigenvalue weighted by Crippen LogP contribution is -2.46. The van der Waals surface area contributed by atoms with E-state index in [-0.39, 0.29) is 12.0 Å². The van der Waals surface area contributed by atoms with Gasteiger partial charge in [-0.25, -0.2) is 0 Å². The maximum absolute atomic E-state index is 12.5. The Hall–Kier alpha value is -2.80. The highest BCUT2D eigenvalue weighted by Gasteiger charge is 2.21. The summed E-state index contributed by atoms with van der Waals surface area (Å²) >= 11 is 0. The topological polar surface area (TPSA) is 66.9 Å². The number of pyridine rings is 1. The lowest BCUT2D eigenvalue weighted by atomic mass is 10.2. The van der Waals surface area contributed by atoms with Gasteiger partial charge in [0, 0.05) is 51.2 Å². The predicted molar refractivity (Wildman–Crippen MR) is 113 cm³/mol. The first-order chi connectivity index (χ1) is 14.2. The fraction of sp³-hybridized carbons (Fsp3) is 0.455. The number of anilines is 2. The second kappa shape index (κ2) is 9.13. The number of hydrogen-bond acceptors (Lipinski definition) is 6. The molecule has 1 aromatic heterocycles. The summed E-state index contributed by atoms with van der Waals surface area (Å²) in [7, 11) is 1.71. The molecule has 4 rings (SSSR count). The first-order valence-corrected chi connectivity index (χ1v) is 10.2. The van der Waals surface area contributed by atoms with Crippen LogP contribution in [0, 0.1) is 0 Å². The van der Waals surface area contributed by atoms with E-state index in [1.165, 1.54) is 0 Å². The summed E-state index contributed by atoms with van der Waals surface area (Å²) in [4.78, 5) is 21.4. The number of para-hydroxylation sites is 2. The summed E-state index contributed by atoms with van der Waals surface area (Å²) in [6.45, 7) is 4.86. The highest BCUT2D eigenvalue weighted by molar-refractivity contribution is 5.93. The van der Waals surface area contributed by atoms with E-state index in [0.717, 1.165) is 62.8 Å². The number of ether oxygens (including phenoxy) is 2. The van der Waals surface area contributed by atoms with Gasteiger partial charge < -0.3 is 24.6 Å². The van der Waals surface area contributed by atoms with Crippen LogP contribution in [0.1, 0.15) is 23.3 Å². The Kier molecular flexibility index (Phi) is 6.14. The zero-order chi connectivity index (χ0) is 20.1. The summed E-state index contributed by atoms with van der Waals surface area (Å²) in [5.74, 6) is 0.755. The number of amides is 1. The molecule has 2 aromatic rings. The van der Waals surface area contributed by atoms with Crippen LogP contribution in [0.5, 0.6) is 5.75 Å². The second-order valence-corrected chi connectivity index (χ2v) is 7.39. The van der Waals surface area contributed by atoms with Crippen molar-refractivity contribution < 1.29 is 14.3 Å². The molecule has 29 heavy (non-hydrogen) atoms. The van der Waals surface area contributed by atoms with Gasteiger partial charge in [0.25, 0.3) is 5.91 Å². The molecule has 1 aromatic carbocycles.